The van der Waals surface area contributed by atoms with Gasteiger partial charge in [-0.05, 0) is 49.4 Å². The first-order valence-electron chi connectivity index (χ1n) is 10.2. The number of ether oxygens (including phenoxy) is 1. The normalized spacial score (nSPS) is 14.4. The lowest BCUT2D eigenvalue weighted by molar-refractivity contribution is 0.0526. The molecule has 1 N–H and O–H groups in total. The Morgan fingerprint density at radius 1 is 0.909 bits per heavy atom. The minimum Gasteiger partial charge on any atom is -0.462 e. The molecule has 8 heteroatoms. The minimum absolute atomic E-state index is 0.0596. The van der Waals surface area contributed by atoms with Crippen molar-refractivity contribution < 1.29 is 22.7 Å². The van der Waals surface area contributed by atoms with Crippen LogP contribution >= 0.6 is 0 Å². The fourth-order valence-corrected chi connectivity index (χ4v) is 4.35. The van der Waals surface area contributed by atoms with Gasteiger partial charge in [-0.1, -0.05) is 42.5 Å². The van der Waals surface area contributed by atoms with Crippen molar-refractivity contribution in [2.75, 3.05) is 11.9 Å². The van der Waals surface area contributed by atoms with Gasteiger partial charge in [-0.3, -0.25) is 4.79 Å². The fourth-order valence-electron chi connectivity index (χ4n) is 3.33. The number of ketones is 1. The Morgan fingerprint density at radius 3 is 2.21 bits per heavy atom. The summed E-state index contributed by atoms with van der Waals surface area (Å²) in [7, 11) is -3.98. The highest BCUT2D eigenvalue weighted by atomic mass is 32.2. The summed E-state index contributed by atoms with van der Waals surface area (Å²) in [6.45, 7) is 2.00. The van der Waals surface area contributed by atoms with Crippen molar-refractivity contribution in [1.82, 2.24) is 0 Å². The fraction of sp³-hybridized carbons (Fsp3) is 0.0800. The Hall–Kier alpha value is -4.04. The molecule has 0 saturated heterocycles. The van der Waals surface area contributed by atoms with E-state index in [1.54, 1.807) is 73.7 Å². The van der Waals surface area contributed by atoms with Crippen LogP contribution in [0.3, 0.4) is 0 Å². The van der Waals surface area contributed by atoms with E-state index in [4.69, 9.17) is 4.74 Å². The number of nitrogens with one attached hydrogen (secondary N) is 1. The average Bonchev–Trinajstić information content (AvgIpc) is 2.83. The van der Waals surface area contributed by atoms with Crippen molar-refractivity contribution in [3.8, 4) is 0 Å². The number of sulfonamides is 1. The van der Waals surface area contributed by atoms with E-state index in [0.29, 0.717) is 22.4 Å². The molecule has 0 heterocycles. The Morgan fingerprint density at radius 2 is 1.55 bits per heavy atom. The van der Waals surface area contributed by atoms with E-state index < -0.39 is 16.0 Å². The van der Waals surface area contributed by atoms with Crippen LogP contribution < -0.4 is 5.32 Å². The summed E-state index contributed by atoms with van der Waals surface area (Å²) in [4.78, 5) is 25.0. The first kappa shape index (κ1) is 22.2. The molecular weight excluding hydrogens is 440 g/mol. The third-order valence-electron chi connectivity index (χ3n) is 4.91. The lowest BCUT2D eigenvalue weighted by Gasteiger charge is -2.19. The number of benzene rings is 3. The number of hydrogen-bond donors (Lipinski definition) is 1. The van der Waals surface area contributed by atoms with Crippen LogP contribution in [0.5, 0.6) is 0 Å². The Bertz CT molecular complexity index is 1380. The quantitative estimate of drug-likeness (QED) is 0.552. The second kappa shape index (κ2) is 9.22. The van der Waals surface area contributed by atoms with Gasteiger partial charge in [-0.15, -0.1) is 0 Å². The summed E-state index contributed by atoms with van der Waals surface area (Å²) in [5.41, 5.74) is 2.03. The van der Waals surface area contributed by atoms with Crippen LogP contribution in [0.15, 0.2) is 99.9 Å². The number of carbonyl (C=O) groups excluding carboxylic acids is 2. The maximum absolute atomic E-state index is 13.1. The number of fused-ring (bicyclic) bond motifs is 1. The zero-order chi connectivity index (χ0) is 23.4. The molecule has 0 aromatic heterocycles. The Kier molecular flexibility index (Phi) is 6.19. The Labute approximate surface area is 191 Å². The van der Waals surface area contributed by atoms with Crippen LogP contribution in [0.4, 0.5) is 5.69 Å². The van der Waals surface area contributed by atoms with Crippen LogP contribution in [0.2, 0.25) is 0 Å². The molecule has 3 aromatic rings. The molecule has 0 bridgehead atoms. The van der Waals surface area contributed by atoms with Crippen molar-refractivity contribution in [3.05, 3.63) is 107 Å². The smallest absolute Gasteiger partial charge is 0.338 e. The summed E-state index contributed by atoms with van der Waals surface area (Å²) in [5.74, 6) is -0.734. The largest absolute Gasteiger partial charge is 0.462 e. The molecular formula is C25H20N2O5S. The number of carbonyl (C=O) groups is 2. The van der Waals surface area contributed by atoms with E-state index in [1.165, 1.54) is 18.2 Å². The number of esters is 1. The van der Waals surface area contributed by atoms with Gasteiger partial charge in [0.2, 0.25) is 5.78 Å². The average molecular weight is 461 g/mol. The van der Waals surface area contributed by atoms with E-state index >= 15 is 0 Å². The van der Waals surface area contributed by atoms with Crippen LogP contribution in [0.25, 0.3) is 0 Å². The van der Waals surface area contributed by atoms with E-state index in [9.17, 15) is 18.0 Å². The monoisotopic (exact) mass is 460 g/mol. The minimum atomic E-state index is -3.98. The highest BCUT2D eigenvalue weighted by Gasteiger charge is 2.26. The summed E-state index contributed by atoms with van der Waals surface area (Å²) >= 11 is 0. The van der Waals surface area contributed by atoms with E-state index in [2.05, 4.69) is 9.71 Å². The van der Waals surface area contributed by atoms with Crippen LogP contribution in [0.1, 0.15) is 33.2 Å². The van der Waals surface area contributed by atoms with Crippen LogP contribution in [-0.4, -0.2) is 32.5 Å². The molecule has 0 aliphatic heterocycles. The zero-order valence-electron chi connectivity index (χ0n) is 17.7. The molecule has 3 aromatic carbocycles. The van der Waals surface area contributed by atoms with Gasteiger partial charge in [0.25, 0.3) is 10.0 Å². The van der Waals surface area contributed by atoms with Crippen LogP contribution in [-0.2, 0) is 14.8 Å². The van der Waals surface area contributed by atoms with Gasteiger partial charge >= 0.3 is 5.97 Å². The predicted octanol–water partition coefficient (Wildman–Crippen LogP) is 4.23. The molecule has 0 spiro atoms. The van der Waals surface area contributed by atoms with Gasteiger partial charge in [0.15, 0.2) is 0 Å². The molecule has 0 radical (unpaired) electrons. The first-order chi connectivity index (χ1) is 15.9. The molecule has 166 valence electrons. The van der Waals surface area contributed by atoms with Crippen molar-refractivity contribution in [2.45, 2.75) is 11.8 Å². The molecule has 33 heavy (non-hydrogen) atoms. The number of Topliss-reactive ketones (excluding diaryl/α,β-unsaturated/α-hetero) is 1. The third-order valence-corrected chi connectivity index (χ3v) is 6.21. The summed E-state index contributed by atoms with van der Waals surface area (Å²) in [6.07, 6.45) is 1.42. The van der Waals surface area contributed by atoms with Gasteiger partial charge in [-0.25, -0.2) is 4.79 Å². The lowest BCUT2D eigenvalue weighted by atomic mass is 9.92. The van der Waals surface area contributed by atoms with Crippen molar-refractivity contribution >= 4 is 33.2 Å². The zero-order valence-corrected chi connectivity index (χ0v) is 18.5. The standard InChI is InChI=1S/C25H20N2O5S/c1-2-32-25(29)17-12-14-18(15-13-17)26-23-16-22(20-10-6-7-11-21(20)24(23)28)27-33(30,31)19-8-4-3-5-9-19/h3-16,26H,2H2,1H3/b27-22-. The summed E-state index contributed by atoms with van der Waals surface area (Å²) in [6, 6.07) is 21.0. The lowest BCUT2D eigenvalue weighted by Crippen LogP contribution is -2.22. The maximum Gasteiger partial charge on any atom is 0.338 e. The van der Waals surface area contributed by atoms with Gasteiger partial charge in [0, 0.05) is 16.8 Å². The number of hydrogen-bond acceptors (Lipinski definition) is 6. The predicted molar refractivity (Wildman–Crippen MR) is 125 cm³/mol. The highest BCUT2D eigenvalue weighted by Crippen LogP contribution is 2.25. The molecule has 0 unspecified atom stereocenters. The number of nitrogens with zero attached hydrogens (tertiary/aromatic N) is 1. The number of anilines is 1. The molecule has 0 fully saturated rings. The van der Waals surface area contributed by atoms with E-state index in [-0.39, 0.29) is 28.7 Å². The first-order valence-corrected chi connectivity index (χ1v) is 11.6. The molecule has 0 atom stereocenters. The van der Waals surface area contributed by atoms with E-state index in [0.717, 1.165) is 0 Å². The van der Waals surface area contributed by atoms with Crippen molar-refractivity contribution in [1.29, 1.82) is 0 Å². The third kappa shape index (κ3) is 4.75. The molecule has 0 amide bonds. The second-order valence-electron chi connectivity index (χ2n) is 7.12. The number of rotatable bonds is 6. The summed E-state index contributed by atoms with van der Waals surface area (Å²) in [5, 5.41) is 3.01. The topological polar surface area (TPSA) is 102 Å². The van der Waals surface area contributed by atoms with E-state index in [1.807, 2.05) is 0 Å². The van der Waals surface area contributed by atoms with Crippen molar-refractivity contribution in [2.24, 2.45) is 4.40 Å². The molecule has 1 aliphatic carbocycles. The molecule has 4 rings (SSSR count). The Balaban J connectivity index is 1.71. The second-order valence-corrected chi connectivity index (χ2v) is 8.72. The molecule has 7 nitrogen and oxygen atoms in total. The van der Waals surface area contributed by atoms with Gasteiger partial charge < -0.3 is 10.1 Å². The highest BCUT2D eigenvalue weighted by molar-refractivity contribution is 7.90. The molecule has 0 saturated carbocycles. The maximum atomic E-state index is 13.1. The molecule has 1 aliphatic rings. The van der Waals surface area contributed by atoms with Crippen LogP contribution in [0, 0.1) is 0 Å². The number of allylic oxidation sites excluding steroid dienone is 2. The SMILES string of the molecule is CCOC(=O)c1ccc(NC2=C/C(=N/S(=O)(=O)c3ccccc3)c3ccccc3C2=O)cc1. The summed E-state index contributed by atoms with van der Waals surface area (Å²) < 4.78 is 34.7. The van der Waals surface area contributed by atoms with Gasteiger partial charge in [0.1, 0.15) is 0 Å². The van der Waals surface area contributed by atoms with Gasteiger partial charge in [-0.2, -0.15) is 12.8 Å². The van der Waals surface area contributed by atoms with Gasteiger partial charge in [0.05, 0.1) is 28.5 Å². The van der Waals surface area contributed by atoms with Crippen molar-refractivity contribution in [3.63, 3.8) is 0 Å².